The van der Waals surface area contributed by atoms with Gasteiger partial charge in [0.05, 0.1) is 10.6 Å². The van der Waals surface area contributed by atoms with Crippen LogP contribution in [0.25, 0.3) is 0 Å². The molecule has 0 fully saturated rings. The molecular weight excluding hydrogens is 288 g/mol. The second-order valence-electron chi connectivity index (χ2n) is 4.85. The lowest BCUT2D eigenvalue weighted by molar-refractivity contribution is 0.0992. The van der Waals surface area contributed by atoms with Crippen molar-refractivity contribution in [1.82, 2.24) is 4.98 Å². The zero-order valence-electron chi connectivity index (χ0n) is 12.1. The van der Waals surface area contributed by atoms with Crippen LogP contribution in [0.4, 0.5) is 11.5 Å². The highest BCUT2D eigenvalue weighted by molar-refractivity contribution is 6.33. The number of nitrogens with zero attached hydrogens (tertiary/aromatic N) is 2. The number of nitrogen functional groups attached to an aromatic ring is 1. The highest BCUT2D eigenvalue weighted by atomic mass is 35.5. The van der Waals surface area contributed by atoms with Crippen LogP contribution in [0.1, 0.15) is 21.5 Å². The lowest BCUT2D eigenvalue weighted by Gasteiger charge is -2.20. The Hall–Kier alpha value is -2.11. The number of benzene rings is 1. The van der Waals surface area contributed by atoms with E-state index in [0.717, 1.165) is 16.8 Å². The molecule has 0 aliphatic carbocycles. The summed E-state index contributed by atoms with van der Waals surface area (Å²) in [6.45, 7) is 3.99. The van der Waals surface area contributed by atoms with Gasteiger partial charge in [0.1, 0.15) is 0 Å². The summed E-state index contributed by atoms with van der Waals surface area (Å²) in [5.41, 5.74) is 5.81. The number of carbonyl (C=O) groups excluding carboxylic acids is 1. The first-order valence-corrected chi connectivity index (χ1v) is 6.79. The van der Waals surface area contributed by atoms with Gasteiger partial charge in [-0.2, -0.15) is 0 Å². The van der Waals surface area contributed by atoms with E-state index in [-0.39, 0.29) is 5.91 Å². The average molecular weight is 305 g/mol. The summed E-state index contributed by atoms with van der Waals surface area (Å²) in [5, 5.41) is 0.303. The molecule has 2 rings (SSSR count). The van der Waals surface area contributed by atoms with E-state index in [0.29, 0.717) is 16.4 Å². The molecule has 3 N–H and O–H groups in total. The van der Waals surface area contributed by atoms with Crippen molar-refractivity contribution in [2.24, 2.45) is 5.84 Å². The van der Waals surface area contributed by atoms with Crippen LogP contribution >= 0.6 is 11.6 Å². The first kappa shape index (κ1) is 15.3. The minimum Gasteiger partial charge on any atom is -0.311 e. The molecule has 0 atom stereocenters. The summed E-state index contributed by atoms with van der Waals surface area (Å²) < 4.78 is 0. The third-order valence-electron chi connectivity index (χ3n) is 3.24. The van der Waals surface area contributed by atoms with Crippen molar-refractivity contribution in [1.29, 1.82) is 0 Å². The Morgan fingerprint density at radius 1 is 1.33 bits per heavy atom. The Bertz CT molecular complexity index is 687. The number of rotatable bonds is 3. The van der Waals surface area contributed by atoms with E-state index < -0.39 is 0 Å². The van der Waals surface area contributed by atoms with Crippen molar-refractivity contribution in [3.63, 3.8) is 0 Å². The maximum atomic E-state index is 12.5. The number of halogens is 1. The highest BCUT2D eigenvalue weighted by Gasteiger charge is 2.17. The van der Waals surface area contributed by atoms with Crippen molar-refractivity contribution in [2.75, 3.05) is 17.4 Å². The maximum Gasteiger partial charge on any atom is 0.259 e. The molecule has 0 aliphatic rings. The molecule has 0 saturated heterocycles. The predicted molar refractivity (Wildman–Crippen MR) is 85.7 cm³/mol. The number of aryl methyl sites for hydroxylation is 2. The number of anilines is 2. The Morgan fingerprint density at radius 2 is 2.05 bits per heavy atom. The highest BCUT2D eigenvalue weighted by Crippen LogP contribution is 2.24. The number of carbonyl (C=O) groups is 1. The summed E-state index contributed by atoms with van der Waals surface area (Å²) in [5.74, 6) is 5.42. The second-order valence-corrected chi connectivity index (χ2v) is 5.26. The number of nitrogens with one attached hydrogen (secondary N) is 1. The van der Waals surface area contributed by atoms with Crippen molar-refractivity contribution < 1.29 is 4.79 Å². The molecule has 0 spiro atoms. The number of hydrazine groups is 1. The van der Waals surface area contributed by atoms with Gasteiger partial charge in [-0.15, -0.1) is 0 Å². The van der Waals surface area contributed by atoms with E-state index in [2.05, 4.69) is 10.4 Å². The third kappa shape index (κ3) is 3.15. The van der Waals surface area contributed by atoms with Gasteiger partial charge in [0, 0.05) is 18.9 Å². The largest absolute Gasteiger partial charge is 0.311 e. The average Bonchev–Trinajstić information content (AvgIpc) is 2.45. The first-order valence-electron chi connectivity index (χ1n) is 6.41. The Morgan fingerprint density at radius 3 is 2.62 bits per heavy atom. The van der Waals surface area contributed by atoms with Gasteiger partial charge in [0.25, 0.3) is 5.91 Å². The number of amides is 1. The number of hydrogen-bond acceptors (Lipinski definition) is 4. The van der Waals surface area contributed by atoms with Crippen molar-refractivity contribution >= 4 is 29.0 Å². The maximum absolute atomic E-state index is 12.5. The molecule has 0 bridgehead atoms. The zero-order chi connectivity index (χ0) is 15.6. The lowest BCUT2D eigenvalue weighted by Crippen LogP contribution is -2.27. The van der Waals surface area contributed by atoms with E-state index in [4.69, 9.17) is 17.4 Å². The van der Waals surface area contributed by atoms with E-state index in [1.165, 1.54) is 6.20 Å². The van der Waals surface area contributed by atoms with E-state index in [1.54, 1.807) is 18.0 Å². The van der Waals surface area contributed by atoms with Gasteiger partial charge < -0.3 is 10.3 Å². The van der Waals surface area contributed by atoms with Gasteiger partial charge in [-0.25, -0.2) is 10.8 Å². The second kappa shape index (κ2) is 6.11. The Kier molecular flexibility index (Phi) is 4.45. The van der Waals surface area contributed by atoms with Crippen molar-refractivity contribution in [2.45, 2.75) is 13.8 Å². The summed E-state index contributed by atoms with van der Waals surface area (Å²) in [6, 6.07) is 7.48. The zero-order valence-corrected chi connectivity index (χ0v) is 12.9. The van der Waals surface area contributed by atoms with Crippen LogP contribution in [-0.2, 0) is 0 Å². The molecule has 21 heavy (non-hydrogen) atoms. The summed E-state index contributed by atoms with van der Waals surface area (Å²) in [4.78, 5) is 18.1. The first-order chi connectivity index (χ1) is 9.93. The van der Waals surface area contributed by atoms with Crippen LogP contribution in [0.2, 0.25) is 5.02 Å². The molecule has 0 unspecified atom stereocenters. The molecule has 1 aromatic carbocycles. The summed E-state index contributed by atoms with van der Waals surface area (Å²) >= 11 is 6.00. The fraction of sp³-hybridized carbons (Fsp3) is 0.200. The number of nitrogens with two attached hydrogens (primary N) is 1. The third-order valence-corrected chi connectivity index (χ3v) is 3.53. The van der Waals surface area contributed by atoms with E-state index in [9.17, 15) is 4.79 Å². The SMILES string of the molecule is Cc1ccc(N(C)C(=O)c2cnc(NN)c(Cl)c2)c(C)c1. The Labute approximate surface area is 128 Å². The lowest BCUT2D eigenvalue weighted by atomic mass is 10.1. The van der Waals surface area contributed by atoms with Crippen LogP contribution in [0.3, 0.4) is 0 Å². The topological polar surface area (TPSA) is 71.2 Å². The summed E-state index contributed by atoms with van der Waals surface area (Å²) in [7, 11) is 1.73. The molecule has 1 aromatic heterocycles. The molecule has 5 nitrogen and oxygen atoms in total. The predicted octanol–water partition coefficient (Wildman–Crippen LogP) is 2.91. The number of pyridine rings is 1. The minimum absolute atomic E-state index is 0.181. The monoisotopic (exact) mass is 304 g/mol. The van der Waals surface area contributed by atoms with Gasteiger partial charge >= 0.3 is 0 Å². The fourth-order valence-electron chi connectivity index (χ4n) is 2.15. The van der Waals surface area contributed by atoms with Gasteiger partial charge in [0.2, 0.25) is 0 Å². The fourth-order valence-corrected chi connectivity index (χ4v) is 2.37. The van der Waals surface area contributed by atoms with Crippen LogP contribution in [0.5, 0.6) is 0 Å². The quantitative estimate of drug-likeness (QED) is 0.675. The van der Waals surface area contributed by atoms with Gasteiger partial charge in [-0.3, -0.25) is 4.79 Å². The van der Waals surface area contributed by atoms with Crippen LogP contribution < -0.4 is 16.2 Å². The molecular formula is C15H17ClN4O. The molecule has 110 valence electrons. The summed E-state index contributed by atoms with van der Waals surface area (Å²) in [6.07, 6.45) is 1.45. The molecule has 6 heteroatoms. The molecule has 1 heterocycles. The van der Waals surface area contributed by atoms with E-state index >= 15 is 0 Å². The smallest absolute Gasteiger partial charge is 0.259 e. The van der Waals surface area contributed by atoms with Crippen molar-refractivity contribution in [3.05, 3.63) is 52.2 Å². The van der Waals surface area contributed by atoms with Gasteiger partial charge in [-0.05, 0) is 31.5 Å². The van der Waals surface area contributed by atoms with Crippen molar-refractivity contribution in [3.8, 4) is 0 Å². The molecule has 1 amide bonds. The minimum atomic E-state index is -0.181. The normalized spacial score (nSPS) is 10.3. The standard InChI is InChI=1S/C15H17ClN4O/c1-9-4-5-13(10(2)6-9)20(3)15(21)11-7-12(16)14(19-17)18-8-11/h4-8H,17H2,1-3H3,(H,18,19). The number of hydrogen-bond donors (Lipinski definition) is 2. The molecule has 2 aromatic rings. The van der Waals surface area contributed by atoms with Crippen LogP contribution in [0.15, 0.2) is 30.5 Å². The molecule has 0 aliphatic heterocycles. The van der Waals surface area contributed by atoms with E-state index in [1.807, 2.05) is 32.0 Å². The van der Waals surface area contributed by atoms with Gasteiger partial charge in [-0.1, -0.05) is 29.3 Å². The van der Waals surface area contributed by atoms with Crippen LogP contribution in [-0.4, -0.2) is 17.9 Å². The van der Waals surface area contributed by atoms with Gasteiger partial charge in [0.15, 0.2) is 5.82 Å². The number of aromatic nitrogens is 1. The molecule has 0 radical (unpaired) electrons. The van der Waals surface area contributed by atoms with Crippen LogP contribution in [0, 0.1) is 13.8 Å². The Balaban J connectivity index is 2.32. The molecule has 0 saturated carbocycles.